The number of hydrogen-bond acceptors (Lipinski definition) is 2. The van der Waals surface area contributed by atoms with Gasteiger partial charge < -0.3 is 20.4 Å². The van der Waals surface area contributed by atoms with E-state index in [1.807, 2.05) is 19.2 Å². The third-order valence-electron chi connectivity index (χ3n) is 5.18. The Labute approximate surface area is 189 Å². The molecular formula is C23H29IN4O. The van der Waals surface area contributed by atoms with Crippen LogP contribution in [-0.2, 0) is 6.42 Å². The Morgan fingerprint density at radius 3 is 2.72 bits per heavy atom. The topological polar surface area (TPSA) is 61.4 Å². The number of nitrogens with zero attached hydrogens (tertiary/aromatic N) is 1. The first-order valence-electron chi connectivity index (χ1n) is 9.86. The van der Waals surface area contributed by atoms with Gasteiger partial charge in [0.05, 0.1) is 6.04 Å². The van der Waals surface area contributed by atoms with E-state index in [2.05, 4.69) is 76.9 Å². The van der Waals surface area contributed by atoms with Crippen molar-refractivity contribution in [3.8, 4) is 5.75 Å². The molecule has 1 aromatic heterocycles. The maximum absolute atomic E-state index is 6.13. The number of rotatable bonds is 4. The number of halogens is 1. The lowest BCUT2D eigenvalue weighted by Gasteiger charge is -2.38. The van der Waals surface area contributed by atoms with Gasteiger partial charge in [0.2, 0.25) is 0 Å². The van der Waals surface area contributed by atoms with Crippen LogP contribution in [0.2, 0.25) is 0 Å². The van der Waals surface area contributed by atoms with Crippen LogP contribution in [-0.4, -0.2) is 30.1 Å². The van der Waals surface area contributed by atoms with Crippen molar-refractivity contribution in [3.63, 3.8) is 0 Å². The first-order chi connectivity index (χ1) is 13.5. The Morgan fingerprint density at radius 1 is 1.17 bits per heavy atom. The molecule has 0 radical (unpaired) electrons. The first-order valence-corrected chi connectivity index (χ1v) is 9.86. The summed E-state index contributed by atoms with van der Waals surface area (Å²) in [6, 6.07) is 19.0. The van der Waals surface area contributed by atoms with Gasteiger partial charge in [-0.1, -0.05) is 36.4 Å². The first kappa shape index (κ1) is 21.5. The molecule has 2 aromatic carbocycles. The van der Waals surface area contributed by atoms with E-state index in [1.165, 1.54) is 22.2 Å². The third-order valence-corrected chi connectivity index (χ3v) is 5.18. The molecule has 4 rings (SSSR count). The molecule has 1 aliphatic rings. The Balaban J connectivity index is 0.00000240. The van der Waals surface area contributed by atoms with E-state index in [9.17, 15) is 0 Å². The lowest BCUT2D eigenvalue weighted by atomic mass is 9.90. The van der Waals surface area contributed by atoms with E-state index in [-0.39, 0.29) is 35.6 Å². The van der Waals surface area contributed by atoms with Gasteiger partial charge in [-0.05, 0) is 37.4 Å². The second-order valence-corrected chi connectivity index (χ2v) is 7.93. The Bertz CT molecular complexity index is 962. The fraction of sp³-hybridized carbons (Fsp3) is 0.348. The number of aromatic amines is 1. The van der Waals surface area contributed by atoms with E-state index < -0.39 is 0 Å². The highest BCUT2D eigenvalue weighted by molar-refractivity contribution is 14.0. The summed E-state index contributed by atoms with van der Waals surface area (Å²) in [5, 5.41) is 8.28. The standard InChI is InChI=1S/C23H28N4O.HI/c1-23(2)15-20(18-9-5-7-11-21(18)28-23)27-22(24-3)25-13-12-17-14-16-8-4-6-10-19(16)26-17;/h4-11,14,20,26H,12-13,15H2,1-3H3,(H2,24,25,27);1H. The molecule has 3 aromatic rings. The summed E-state index contributed by atoms with van der Waals surface area (Å²) in [6.45, 7) is 5.06. The molecule has 0 aliphatic carbocycles. The van der Waals surface area contributed by atoms with Crippen LogP contribution in [0.3, 0.4) is 0 Å². The molecule has 0 bridgehead atoms. The summed E-state index contributed by atoms with van der Waals surface area (Å²) in [5.41, 5.74) is 3.37. The van der Waals surface area contributed by atoms with Gasteiger partial charge in [-0.25, -0.2) is 0 Å². The van der Waals surface area contributed by atoms with Crippen molar-refractivity contribution in [1.29, 1.82) is 0 Å². The minimum Gasteiger partial charge on any atom is -0.487 e. The van der Waals surface area contributed by atoms with Crippen LogP contribution in [0.15, 0.2) is 59.6 Å². The second-order valence-electron chi connectivity index (χ2n) is 7.93. The quantitative estimate of drug-likeness (QED) is 0.272. The van der Waals surface area contributed by atoms with E-state index in [1.54, 1.807) is 0 Å². The molecule has 1 atom stereocenters. The van der Waals surface area contributed by atoms with Crippen molar-refractivity contribution < 1.29 is 4.74 Å². The molecule has 0 amide bonds. The molecule has 0 saturated carbocycles. The smallest absolute Gasteiger partial charge is 0.191 e. The lowest BCUT2D eigenvalue weighted by Crippen LogP contribution is -2.45. The molecule has 29 heavy (non-hydrogen) atoms. The zero-order valence-electron chi connectivity index (χ0n) is 17.2. The monoisotopic (exact) mass is 504 g/mol. The maximum Gasteiger partial charge on any atom is 0.191 e. The van der Waals surface area contributed by atoms with Gasteiger partial charge in [-0.15, -0.1) is 24.0 Å². The highest BCUT2D eigenvalue weighted by atomic mass is 127. The number of guanidine groups is 1. The van der Waals surface area contributed by atoms with Crippen LogP contribution in [0.5, 0.6) is 5.75 Å². The third kappa shape index (κ3) is 5.04. The fourth-order valence-corrected chi connectivity index (χ4v) is 3.87. The second kappa shape index (κ2) is 9.07. The molecular weight excluding hydrogens is 475 g/mol. The van der Waals surface area contributed by atoms with E-state index in [4.69, 9.17) is 4.74 Å². The van der Waals surface area contributed by atoms with E-state index in [0.717, 1.165) is 31.1 Å². The highest BCUT2D eigenvalue weighted by Gasteiger charge is 2.33. The van der Waals surface area contributed by atoms with Gasteiger partial charge in [0, 0.05) is 43.2 Å². The molecule has 6 heteroatoms. The summed E-state index contributed by atoms with van der Waals surface area (Å²) in [5.74, 6) is 1.76. The molecule has 3 N–H and O–H groups in total. The molecule has 0 saturated heterocycles. The largest absolute Gasteiger partial charge is 0.487 e. The van der Waals surface area contributed by atoms with Crippen LogP contribution < -0.4 is 15.4 Å². The lowest BCUT2D eigenvalue weighted by molar-refractivity contribution is 0.0694. The molecule has 0 spiro atoms. The summed E-state index contributed by atoms with van der Waals surface area (Å²) < 4.78 is 6.13. The highest BCUT2D eigenvalue weighted by Crippen LogP contribution is 2.39. The van der Waals surface area contributed by atoms with Crippen molar-refractivity contribution in [1.82, 2.24) is 15.6 Å². The Morgan fingerprint density at radius 2 is 1.93 bits per heavy atom. The Hall–Kier alpha value is -2.22. The number of nitrogens with one attached hydrogen (secondary N) is 3. The average Bonchev–Trinajstić information content (AvgIpc) is 3.09. The minimum absolute atomic E-state index is 0. The van der Waals surface area contributed by atoms with E-state index in [0.29, 0.717) is 0 Å². The number of hydrogen-bond donors (Lipinski definition) is 3. The Kier molecular flexibility index (Phi) is 6.72. The van der Waals surface area contributed by atoms with Gasteiger partial charge in [0.25, 0.3) is 0 Å². The van der Waals surface area contributed by atoms with Crippen molar-refractivity contribution in [2.24, 2.45) is 4.99 Å². The number of para-hydroxylation sites is 2. The summed E-state index contributed by atoms with van der Waals surface area (Å²) in [6.07, 6.45) is 1.79. The zero-order valence-corrected chi connectivity index (χ0v) is 19.5. The maximum atomic E-state index is 6.13. The number of H-pyrrole nitrogens is 1. The zero-order chi connectivity index (χ0) is 19.6. The van der Waals surface area contributed by atoms with Crippen LogP contribution in [0.1, 0.15) is 37.6 Å². The van der Waals surface area contributed by atoms with Crippen molar-refractivity contribution in [2.75, 3.05) is 13.6 Å². The van der Waals surface area contributed by atoms with Crippen LogP contribution >= 0.6 is 24.0 Å². The molecule has 0 fully saturated rings. The number of aromatic nitrogens is 1. The van der Waals surface area contributed by atoms with Gasteiger partial charge in [0.15, 0.2) is 5.96 Å². The van der Waals surface area contributed by atoms with E-state index >= 15 is 0 Å². The van der Waals surface area contributed by atoms with Crippen LogP contribution in [0, 0.1) is 0 Å². The number of benzene rings is 2. The fourth-order valence-electron chi connectivity index (χ4n) is 3.87. The molecule has 154 valence electrons. The molecule has 1 unspecified atom stereocenters. The molecule has 1 aliphatic heterocycles. The molecule has 2 heterocycles. The number of ether oxygens (including phenoxy) is 1. The van der Waals surface area contributed by atoms with Crippen LogP contribution in [0.4, 0.5) is 0 Å². The van der Waals surface area contributed by atoms with Crippen molar-refractivity contribution >= 4 is 40.8 Å². The van der Waals surface area contributed by atoms with Gasteiger partial charge in [-0.2, -0.15) is 0 Å². The summed E-state index contributed by atoms with van der Waals surface area (Å²) in [7, 11) is 1.81. The van der Waals surface area contributed by atoms with Crippen LogP contribution in [0.25, 0.3) is 10.9 Å². The summed E-state index contributed by atoms with van der Waals surface area (Å²) in [4.78, 5) is 7.90. The summed E-state index contributed by atoms with van der Waals surface area (Å²) >= 11 is 0. The van der Waals surface area contributed by atoms with Gasteiger partial charge >= 0.3 is 0 Å². The number of aliphatic imine (C=N–C) groups is 1. The SMILES string of the molecule is CN=C(NCCc1cc2ccccc2[nH]1)NC1CC(C)(C)Oc2ccccc21.I. The van der Waals surface area contributed by atoms with Gasteiger partial charge in [0.1, 0.15) is 11.4 Å². The normalized spacial score (nSPS) is 17.8. The minimum atomic E-state index is -0.213. The predicted molar refractivity (Wildman–Crippen MR) is 130 cm³/mol. The van der Waals surface area contributed by atoms with Crippen molar-refractivity contribution in [3.05, 3.63) is 65.9 Å². The van der Waals surface area contributed by atoms with Crippen molar-refractivity contribution in [2.45, 2.75) is 38.3 Å². The van der Waals surface area contributed by atoms with Gasteiger partial charge in [-0.3, -0.25) is 4.99 Å². The molecule has 5 nitrogen and oxygen atoms in total. The predicted octanol–water partition coefficient (Wildman–Crippen LogP) is 4.80. The number of fused-ring (bicyclic) bond motifs is 2. The average molecular weight is 504 g/mol.